The Kier molecular flexibility index (Phi) is 5.65. The maximum Gasteiger partial charge on any atom is 0.255 e. The van der Waals surface area contributed by atoms with Gasteiger partial charge in [-0.3, -0.25) is 9.78 Å². The van der Waals surface area contributed by atoms with Gasteiger partial charge in [-0.1, -0.05) is 6.07 Å². The van der Waals surface area contributed by atoms with Gasteiger partial charge >= 0.3 is 0 Å². The molecule has 2 aromatic heterocycles. The van der Waals surface area contributed by atoms with Gasteiger partial charge in [-0.25, -0.2) is 0 Å². The van der Waals surface area contributed by atoms with E-state index >= 15 is 0 Å². The zero-order valence-corrected chi connectivity index (χ0v) is 15.6. The van der Waals surface area contributed by atoms with Gasteiger partial charge in [0.2, 0.25) is 0 Å². The van der Waals surface area contributed by atoms with Crippen molar-refractivity contribution in [2.24, 2.45) is 0 Å². The van der Waals surface area contributed by atoms with E-state index in [1.807, 2.05) is 24.3 Å². The van der Waals surface area contributed by atoms with Gasteiger partial charge in [0.25, 0.3) is 5.91 Å². The molecule has 0 saturated heterocycles. The van der Waals surface area contributed by atoms with Gasteiger partial charge in [-0.15, -0.1) is 10.2 Å². The summed E-state index contributed by atoms with van der Waals surface area (Å²) < 4.78 is 11.1. The molecule has 3 N–H and O–H groups in total. The van der Waals surface area contributed by atoms with E-state index in [1.165, 1.54) is 0 Å². The smallest absolute Gasteiger partial charge is 0.255 e. The van der Waals surface area contributed by atoms with Crippen molar-refractivity contribution in [3.05, 3.63) is 60.4 Å². The fourth-order valence-corrected chi connectivity index (χ4v) is 2.79. The molecule has 0 atom stereocenters. The highest BCUT2D eigenvalue weighted by Crippen LogP contribution is 2.33. The third kappa shape index (κ3) is 4.70. The lowest BCUT2D eigenvalue weighted by Crippen LogP contribution is -2.30. The van der Waals surface area contributed by atoms with Crippen molar-refractivity contribution in [1.82, 2.24) is 20.5 Å². The van der Waals surface area contributed by atoms with E-state index < -0.39 is 0 Å². The van der Waals surface area contributed by atoms with Crippen LogP contribution in [0.15, 0.2) is 54.9 Å². The second kappa shape index (κ2) is 8.87. The Morgan fingerprint density at radius 1 is 0.931 bits per heavy atom. The van der Waals surface area contributed by atoms with Gasteiger partial charge in [-0.05, 0) is 36.4 Å². The summed E-state index contributed by atoms with van der Waals surface area (Å²) in [5, 5.41) is 17.4. The molecule has 3 heterocycles. The first-order valence-electron chi connectivity index (χ1n) is 9.21. The van der Waals surface area contributed by atoms with E-state index in [-0.39, 0.29) is 5.91 Å². The molecule has 0 radical (unpaired) electrons. The molecule has 0 bridgehead atoms. The van der Waals surface area contributed by atoms with Crippen molar-refractivity contribution >= 4 is 23.2 Å². The zero-order valence-electron chi connectivity index (χ0n) is 15.6. The zero-order chi connectivity index (χ0) is 19.9. The number of para-hydroxylation sites is 1. The first-order chi connectivity index (χ1) is 14.3. The number of nitrogens with one attached hydrogen (secondary N) is 3. The first-order valence-corrected chi connectivity index (χ1v) is 9.21. The summed E-state index contributed by atoms with van der Waals surface area (Å²) in [6.07, 6.45) is 3.40. The molecule has 4 rings (SSSR count). The van der Waals surface area contributed by atoms with Gasteiger partial charge in [0.1, 0.15) is 19.0 Å². The van der Waals surface area contributed by atoms with Crippen LogP contribution in [0.4, 0.5) is 17.3 Å². The van der Waals surface area contributed by atoms with Crippen molar-refractivity contribution in [1.29, 1.82) is 0 Å². The second-order valence-electron chi connectivity index (χ2n) is 6.18. The minimum absolute atomic E-state index is 0.211. The van der Waals surface area contributed by atoms with E-state index in [1.54, 1.807) is 30.6 Å². The van der Waals surface area contributed by atoms with Crippen molar-refractivity contribution < 1.29 is 14.3 Å². The summed E-state index contributed by atoms with van der Waals surface area (Å²) in [6.45, 7) is 1.84. The van der Waals surface area contributed by atoms with E-state index in [0.29, 0.717) is 55.0 Å². The van der Waals surface area contributed by atoms with Crippen LogP contribution in [0.5, 0.6) is 11.5 Å². The summed E-state index contributed by atoms with van der Waals surface area (Å²) in [7, 11) is 0. The van der Waals surface area contributed by atoms with Crippen molar-refractivity contribution in [2.75, 3.05) is 36.9 Å². The largest absolute Gasteiger partial charge is 0.486 e. The SMILES string of the molecule is O=C(NCCNc1ccc(Nc2ccncc2)nn1)c1cccc2c1OCCO2. The molecule has 29 heavy (non-hydrogen) atoms. The fourth-order valence-electron chi connectivity index (χ4n) is 2.79. The summed E-state index contributed by atoms with van der Waals surface area (Å²) in [6, 6.07) is 12.6. The molecule has 148 valence electrons. The van der Waals surface area contributed by atoms with Crippen LogP contribution in [0.25, 0.3) is 0 Å². The maximum absolute atomic E-state index is 12.4. The quantitative estimate of drug-likeness (QED) is 0.525. The number of hydrogen-bond acceptors (Lipinski definition) is 8. The van der Waals surface area contributed by atoms with Gasteiger partial charge in [0.05, 0.1) is 5.56 Å². The van der Waals surface area contributed by atoms with Crippen LogP contribution in [-0.4, -0.2) is 47.4 Å². The molecule has 1 amide bonds. The standard InChI is InChI=1S/C20H20N6O3/c27-20(15-2-1-3-16-19(15)29-13-12-28-16)23-11-10-22-17-4-5-18(26-25-17)24-14-6-8-21-9-7-14/h1-9H,10-13H2,(H,22,25)(H,23,27)(H,21,24,26). The van der Waals surface area contributed by atoms with Crippen LogP contribution in [-0.2, 0) is 0 Å². The monoisotopic (exact) mass is 392 g/mol. The molecule has 1 aromatic carbocycles. The highest BCUT2D eigenvalue weighted by atomic mass is 16.6. The fraction of sp³-hybridized carbons (Fsp3) is 0.200. The number of benzene rings is 1. The number of ether oxygens (including phenoxy) is 2. The second-order valence-corrected chi connectivity index (χ2v) is 6.18. The van der Waals surface area contributed by atoms with Crippen LogP contribution in [0.3, 0.4) is 0 Å². The van der Waals surface area contributed by atoms with Crippen LogP contribution in [0.2, 0.25) is 0 Å². The maximum atomic E-state index is 12.4. The van der Waals surface area contributed by atoms with Gasteiger partial charge < -0.3 is 25.4 Å². The molecular weight excluding hydrogens is 372 g/mol. The third-order valence-corrected chi connectivity index (χ3v) is 4.14. The number of aromatic nitrogens is 3. The summed E-state index contributed by atoms with van der Waals surface area (Å²) in [4.78, 5) is 16.4. The van der Waals surface area contributed by atoms with Gasteiger partial charge in [0.15, 0.2) is 17.3 Å². The lowest BCUT2D eigenvalue weighted by molar-refractivity contribution is 0.0944. The third-order valence-electron chi connectivity index (χ3n) is 4.14. The van der Waals surface area contributed by atoms with Crippen LogP contribution < -0.4 is 25.4 Å². The topological polar surface area (TPSA) is 110 Å². The average Bonchev–Trinajstić information content (AvgIpc) is 2.78. The van der Waals surface area contributed by atoms with Gasteiger partial charge in [-0.2, -0.15) is 0 Å². The minimum atomic E-state index is -0.211. The van der Waals surface area contributed by atoms with E-state index in [4.69, 9.17) is 9.47 Å². The number of rotatable bonds is 7. The predicted molar refractivity (Wildman–Crippen MR) is 108 cm³/mol. The first kappa shape index (κ1) is 18.5. The van der Waals surface area contributed by atoms with Crippen LogP contribution in [0.1, 0.15) is 10.4 Å². The Balaban J connectivity index is 1.25. The normalized spacial score (nSPS) is 12.1. The molecule has 3 aromatic rings. The Hall–Kier alpha value is -3.88. The van der Waals surface area contributed by atoms with Crippen molar-refractivity contribution in [3.8, 4) is 11.5 Å². The molecule has 0 fully saturated rings. The molecule has 0 unspecified atom stereocenters. The molecule has 0 spiro atoms. The average molecular weight is 392 g/mol. The van der Waals surface area contributed by atoms with Crippen molar-refractivity contribution in [2.45, 2.75) is 0 Å². The molecule has 9 heteroatoms. The minimum Gasteiger partial charge on any atom is -0.486 e. The predicted octanol–water partition coefficient (Wildman–Crippen LogP) is 2.23. The Morgan fingerprint density at radius 2 is 1.72 bits per heavy atom. The Labute approximate surface area is 167 Å². The number of pyridine rings is 1. The van der Waals surface area contributed by atoms with Crippen molar-refractivity contribution in [3.63, 3.8) is 0 Å². The molecule has 1 aliphatic rings. The summed E-state index contributed by atoms with van der Waals surface area (Å²) in [5.74, 6) is 2.13. The summed E-state index contributed by atoms with van der Waals surface area (Å²) >= 11 is 0. The number of carbonyl (C=O) groups excluding carboxylic acids is 1. The Morgan fingerprint density at radius 3 is 2.55 bits per heavy atom. The lowest BCUT2D eigenvalue weighted by Gasteiger charge is -2.20. The number of anilines is 3. The summed E-state index contributed by atoms with van der Waals surface area (Å²) in [5.41, 5.74) is 1.35. The number of amides is 1. The lowest BCUT2D eigenvalue weighted by atomic mass is 10.1. The Bertz CT molecular complexity index is 966. The molecule has 0 saturated carbocycles. The number of nitrogens with zero attached hydrogens (tertiary/aromatic N) is 3. The number of carbonyl (C=O) groups is 1. The molecule has 0 aliphatic carbocycles. The van der Waals surface area contributed by atoms with Gasteiger partial charge in [0, 0.05) is 31.2 Å². The molecule has 1 aliphatic heterocycles. The van der Waals surface area contributed by atoms with E-state index in [0.717, 1.165) is 5.69 Å². The number of hydrogen-bond donors (Lipinski definition) is 3. The highest BCUT2D eigenvalue weighted by Gasteiger charge is 2.19. The van der Waals surface area contributed by atoms with E-state index in [2.05, 4.69) is 31.1 Å². The number of fused-ring (bicyclic) bond motifs is 1. The molecular formula is C20H20N6O3. The van der Waals surface area contributed by atoms with Crippen LogP contribution in [0, 0.1) is 0 Å². The van der Waals surface area contributed by atoms with E-state index in [9.17, 15) is 4.79 Å². The van der Waals surface area contributed by atoms with Crippen LogP contribution >= 0.6 is 0 Å². The molecule has 9 nitrogen and oxygen atoms in total. The highest BCUT2D eigenvalue weighted by molar-refractivity contribution is 5.97.